The normalized spacial score (nSPS) is 35.5. The van der Waals surface area contributed by atoms with E-state index >= 15 is 0 Å². The third kappa shape index (κ3) is 13.2. The Morgan fingerprint density at radius 3 is 2.32 bits per heavy atom. The smallest absolute Gasteiger partial charge is 0.227 e. The molecule has 168 valence electrons. The van der Waals surface area contributed by atoms with Gasteiger partial charge >= 0.3 is 0 Å². The number of ketones is 1. The Labute approximate surface area is 184 Å². The van der Waals surface area contributed by atoms with Crippen LogP contribution in [0.15, 0.2) is 84.6 Å². The van der Waals surface area contributed by atoms with Crippen LogP contribution in [0.1, 0.15) is 26.7 Å². The average Bonchev–Trinajstić information content (AvgIpc) is 2.71. The number of carbonyl (C=O) groups excluding carboxylic acids is 2. The maximum atomic E-state index is 11.9. The lowest BCUT2D eigenvalue weighted by Gasteiger charge is -2.16. The summed E-state index contributed by atoms with van der Waals surface area (Å²) in [5.74, 6) is -0.609. The van der Waals surface area contributed by atoms with Crippen molar-refractivity contribution in [2.45, 2.75) is 45.0 Å². The lowest BCUT2D eigenvalue weighted by molar-refractivity contribution is -0.126. The van der Waals surface area contributed by atoms with Crippen LogP contribution in [-0.4, -0.2) is 51.9 Å². The van der Waals surface area contributed by atoms with E-state index in [0.717, 1.165) is 5.57 Å². The largest absolute Gasteiger partial charge is 0.390 e. The number of amides is 1. The second-order valence-electron chi connectivity index (χ2n) is 7.45. The number of aliphatic hydroxyl groups is 3. The van der Waals surface area contributed by atoms with E-state index in [2.05, 4.69) is 5.32 Å². The first-order valence-corrected chi connectivity index (χ1v) is 10.3. The molecule has 1 rings (SSSR count). The van der Waals surface area contributed by atoms with Crippen molar-refractivity contribution >= 4 is 11.7 Å². The summed E-state index contributed by atoms with van der Waals surface area (Å²) in [6, 6.07) is 0. The highest BCUT2D eigenvalue weighted by Crippen LogP contribution is 2.07. The highest BCUT2D eigenvalue weighted by atomic mass is 16.3. The molecule has 6 heteroatoms. The SMILES string of the molecule is CC1=C\C=C/C=C/[C@H](C)CNC(=O)CC(=O)/C=C/C=C/[C@H](O)[C@H](O)C[C@H](O)\C=C\C=C\1. The van der Waals surface area contributed by atoms with Crippen LogP contribution < -0.4 is 5.32 Å². The van der Waals surface area contributed by atoms with Crippen LogP contribution in [0, 0.1) is 5.92 Å². The number of hydrogen-bond donors (Lipinski definition) is 4. The van der Waals surface area contributed by atoms with Gasteiger partial charge in [0.2, 0.25) is 5.91 Å². The van der Waals surface area contributed by atoms with Crippen LogP contribution >= 0.6 is 0 Å². The first-order valence-electron chi connectivity index (χ1n) is 10.3. The number of carbonyl (C=O) groups is 2. The van der Waals surface area contributed by atoms with E-state index in [4.69, 9.17) is 0 Å². The number of hydrogen-bond acceptors (Lipinski definition) is 5. The van der Waals surface area contributed by atoms with Gasteiger partial charge in [-0.1, -0.05) is 85.4 Å². The van der Waals surface area contributed by atoms with Gasteiger partial charge in [0.15, 0.2) is 5.78 Å². The number of aliphatic hydroxyl groups excluding tert-OH is 3. The molecule has 1 heterocycles. The van der Waals surface area contributed by atoms with Gasteiger partial charge < -0.3 is 20.6 Å². The molecule has 0 saturated heterocycles. The van der Waals surface area contributed by atoms with Crippen LogP contribution in [0.5, 0.6) is 0 Å². The molecule has 0 aliphatic carbocycles. The molecule has 6 nitrogen and oxygen atoms in total. The summed E-state index contributed by atoms with van der Waals surface area (Å²) in [6.45, 7) is 4.34. The predicted molar refractivity (Wildman–Crippen MR) is 123 cm³/mol. The summed E-state index contributed by atoms with van der Waals surface area (Å²) < 4.78 is 0. The van der Waals surface area contributed by atoms with Gasteiger partial charge in [-0.2, -0.15) is 0 Å². The Kier molecular flexibility index (Phi) is 12.8. The molecule has 0 unspecified atom stereocenters. The van der Waals surface area contributed by atoms with E-state index in [1.807, 2.05) is 50.3 Å². The fourth-order valence-corrected chi connectivity index (χ4v) is 2.54. The third-order valence-corrected chi connectivity index (χ3v) is 4.36. The molecule has 0 fully saturated rings. The molecule has 1 aliphatic rings. The van der Waals surface area contributed by atoms with Crippen LogP contribution in [-0.2, 0) is 9.59 Å². The van der Waals surface area contributed by atoms with Crippen molar-refractivity contribution in [3.63, 3.8) is 0 Å². The topological polar surface area (TPSA) is 107 Å². The first-order chi connectivity index (χ1) is 14.8. The van der Waals surface area contributed by atoms with Crippen LogP contribution in [0.25, 0.3) is 0 Å². The minimum atomic E-state index is -1.20. The molecule has 31 heavy (non-hydrogen) atoms. The number of allylic oxidation sites excluding steroid dienone is 11. The molecule has 0 aromatic carbocycles. The lowest BCUT2D eigenvalue weighted by atomic mass is 10.1. The fraction of sp³-hybridized carbons (Fsp3) is 0.360. The van der Waals surface area contributed by atoms with E-state index in [-0.39, 0.29) is 30.4 Å². The van der Waals surface area contributed by atoms with Gasteiger partial charge in [-0.05, 0) is 18.9 Å². The van der Waals surface area contributed by atoms with Gasteiger partial charge in [0, 0.05) is 13.0 Å². The summed E-state index contributed by atoms with van der Waals surface area (Å²) >= 11 is 0. The second-order valence-corrected chi connectivity index (χ2v) is 7.45. The molecule has 1 amide bonds. The molecule has 4 atom stereocenters. The molecule has 0 radical (unpaired) electrons. The molecular formula is C25H33NO5. The molecule has 1 aliphatic heterocycles. The van der Waals surface area contributed by atoms with Gasteiger partial charge in [0.1, 0.15) is 0 Å². The summed E-state index contributed by atoms with van der Waals surface area (Å²) in [5.41, 5.74) is 1.01. The minimum absolute atomic E-state index is 0.0407. The predicted octanol–water partition coefficient (Wildman–Crippen LogP) is 2.47. The number of rotatable bonds is 0. The highest BCUT2D eigenvalue weighted by Gasteiger charge is 2.16. The highest BCUT2D eigenvalue weighted by molar-refractivity contribution is 6.03. The zero-order chi connectivity index (χ0) is 23.1. The number of nitrogens with one attached hydrogen (secondary N) is 1. The maximum Gasteiger partial charge on any atom is 0.227 e. The minimum Gasteiger partial charge on any atom is -0.390 e. The Morgan fingerprint density at radius 1 is 0.871 bits per heavy atom. The zero-order valence-electron chi connectivity index (χ0n) is 18.1. The molecule has 4 N–H and O–H groups in total. The summed E-state index contributed by atoms with van der Waals surface area (Å²) in [4.78, 5) is 23.7. The maximum absolute atomic E-state index is 11.9. The molecule has 0 aromatic heterocycles. The molecular weight excluding hydrogens is 394 g/mol. The van der Waals surface area contributed by atoms with E-state index in [9.17, 15) is 24.9 Å². The Morgan fingerprint density at radius 2 is 1.55 bits per heavy atom. The van der Waals surface area contributed by atoms with Crippen molar-refractivity contribution in [1.29, 1.82) is 0 Å². The Hall–Kier alpha value is -2.80. The van der Waals surface area contributed by atoms with E-state index in [1.54, 1.807) is 12.2 Å². The summed E-state index contributed by atoms with van der Waals surface area (Å²) in [7, 11) is 0. The summed E-state index contributed by atoms with van der Waals surface area (Å²) in [6.07, 6.45) is 18.3. The quantitative estimate of drug-likeness (QED) is 0.444. The standard InChI is InChI=1S/C25H33NO5/c1-19-10-4-3-5-12-20(2)18-26-25(31)17-22(28)14-8-9-15-23(29)24(30)16-21(27)13-7-6-11-19/h3-15,20-21,23-24,27,29-30H,16-18H2,1-2H3,(H,26,31)/b4-3-,11-6+,12-5+,13-7+,14-8+,15-9+,19-10+/t20-,21+,23-,24+/m0/s1. The van der Waals surface area contributed by atoms with Gasteiger partial charge in [0.05, 0.1) is 24.7 Å². The molecule has 0 spiro atoms. The van der Waals surface area contributed by atoms with E-state index in [1.165, 1.54) is 30.4 Å². The van der Waals surface area contributed by atoms with Gasteiger partial charge in [-0.15, -0.1) is 0 Å². The Bertz CT molecular complexity index is 786. The van der Waals surface area contributed by atoms with Gasteiger partial charge in [-0.3, -0.25) is 9.59 Å². The molecule has 0 aromatic rings. The second kappa shape index (κ2) is 15.1. The van der Waals surface area contributed by atoms with Gasteiger partial charge in [-0.25, -0.2) is 0 Å². The first kappa shape index (κ1) is 26.2. The van der Waals surface area contributed by atoms with Crippen LogP contribution in [0.3, 0.4) is 0 Å². The van der Waals surface area contributed by atoms with Gasteiger partial charge in [0.25, 0.3) is 0 Å². The van der Waals surface area contributed by atoms with Crippen molar-refractivity contribution in [2.24, 2.45) is 5.92 Å². The average molecular weight is 428 g/mol. The molecule has 0 bridgehead atoms. The monoisotopic (exact) mass is 427 g/mol. The van der Waals surface area contributed by atoms with Crippen molar-refractivity contribution in [3.8, 4) is 0 Å². The summed E-state index contributed by atoms with van der Waals surface area (Å²) in [5, 5.41) is 32.6. The van der Waals surface area contributed by atoms with Crippen molar-refractivity contribution in [3.05, 3.63) is 84.6 Å². The third-order valence-electron chi connectivity index (χ3n) is 4.36. The lowest BCUT2D eigenvalue weighted by Crippen LogP contribution is -2.29. The van der Waals surface area contributed by atoms with Crippen molar-refractivity contribution in [1.82, 2.24) is 5.32 Å². The van der Waals surface area contributed by atoms with E-state index in [0.29, 0.717) is 6.54 Å². The van der Waals surface area contributed by atoms with Crippen LogP contribution in [0.4, 0.5) is 0 Å². The molecule has 0 saturated carbocycles. The van der Waals surface area contributed by atoms with Crippen molar-refractivity contribution in [2.75, 3.05) is 6.54 Å². The Balaban J connectivity index is 2.88. The van der Waals surface area contributed by atoms with Crippen molar-refractivity contribution < 1.29 is 24.9 Å². The fourth-order valence-electron chi connectivity index (χ4n) is 2.54. The van der Waals surface area contributed by atoms with Crippen LogP contribution in [0.2, 0.25) is 0 Å². The van der Waals surface area contributed by atoms with E-state index < -0.39 is 18.3 Å². The zero-order valence-corrected chi connectivity index (χ0v) is 18.1.